The highest BCUT2D eigenvalue weighted by atomic mass is 19.3. The van der Waals surface area contributed by atoms with Crippen LogP contribution in [0, 0.1) is 0 Å². The van der Waals surface area contributed by atoms with E-state index in [0.29, 0.717) is 6.42 Å². The molecule has 1 unspecified atom stereocenters. The van der Waals surface area contributed by atoms with Gasteiger partial charge in [0.1, 0.15) is 0 Å². The number of aliphatic hydroxyl groups is 1. The summed E-state index contributed by atoms with van der Waals surface area (Å²) in [5, 5.41) is 9.07. The molecule has 0 amide bonds. The molecule has 1 atom stereocenters. The van der Waals surface area contributed by atoms with Crippen molar-refractivity contribution in [1.82, 2.24) is 0 Å². The molecule has 0 aromatic carbocycles. The Hall–Kier alpha value is -0.640. The summed E-state index contributed by atoms with van der Waals surface area (Å²) in [6, 6.07) is 0. The van der Waals surface area contributed by atoms with Gasteiger partial charge in [0.15, 0.2) is 5.60 Å². The fourth-order valence-corrected chi connectivity index (χ4v) is 0.672. The Balaban J connectivity index is 3.96. The standard InChI is InChI=1S/C6H11FO3/c1-3-4-6(2,9)5(8)10-7/h9H,3-4H2,1-2H3. The van der Waals surface area contributed by atoms with E-state index in [0.717, 1.165) is 0 Å². The van der Waals surface area contributed by atoms with E-state index >= 15 is 0 Å². The van der Waals surface area contributed by atoms with Gasteiger partial charge in [0.05, 0.1) is 0 Å². The molecule has 1 N–H and O–H groups in total. The van der Waals surface area contributed by atoms with Gasteiger partial charge in [-0.25, -0.2) is 4.79 Å². The summed E-state index contributed by atoms with van der Waals surface area (Å²) in [7, 11) is 0. The molecule has 0 bridgehead atoms. The first-order valence-corrected chi connectivity index (χ1v) is 3.10. The van der Waals surface area contributed by atoms with Gasteiger partial charge in [-0.05, 0) is 13.3 Å². The van der Waals surface area contributed by atoms with Crippen LogP contribution in [-0.4, -0.2) is 16.7 Å². The molecule has 4 heteroatoms. The molecular weight excluding hydrogens is 139 g/mol. The highest BCUT2D eigenvalue weighted by molar-refractivity contribution is 5.77. The zero-order valence-corrected chi connectivity index (χ0v) is 6.06. The molecule has 0 heterocycles. The molecule has 3 nitrogen and oxygen atoms in total. The predicted octanol–water partition coefficient (Wildman–Crippen LogP) is 0.965. The first-order valence-electron chi connectivity index (χ1n) is 3.10. The van der Waals surface area contributed by atoms with Gasteiger partial charge in [-0.15, -0.1) is 0 Å². The molecule has 10 heavy (non-hydrogen) atoms. The fourth-order valence-electron chi connectivity index (χ4n) is 0.672. The van der Waals surface area contributed by atoms with E-state index in [4.69, 9.17) is 5.11 Å². The predicted molar refractivity (Wildman–Crippen MR) is 32.7 cm³/mol. The second-order valence-electron chi connectivity index (χ2n) is 2.39. The summed E-state index contributed by atoms with van der Waals surface area (Å²) >= 11 is 0. The van der Waals surface area contributed by atoms with E-state index in [2.05, 4.69) is 4.94 Å². The van der Waals surface area contributed by atoms with Crippen molar-refractivity contribution in [3.8, 4) is 0 Å². The van der Waals surface area contributed by atoms with Crippen LogP contribution in [0.3, 0.4) is 0 Å². The zero-order valence-electron chi connectivity index (χ0n) is 6.06. The first kappa shape index (κ1) is 9.36. The van der Waals surface area contributed by atoms with Crippen LogP contribution < -0.4 is 0 Å². The van der Waals surface area contributed by atoms with Crippen LogP contribution in [0.2, 0.25) is 0 Å². The Kier molecular flexibility index (Phi) is 3.28. The topological polar surface area (TPSA) is 46.5 Å². The minimum atomic E-state index is -1.68. The van der Waals surface area contributed by atoms with Crippen LogP contribution in [0.4, 0.5) is 4.53 Å². The Morgan fingerprint density at radius 3 is 2.60 bits per heavy atom. The van der Waals surface area contributed by atoms with Crippen molar-refractivity contribution in [2.24, 2.45) is 0 Å². The summed E-state index contributed by atoms with van der Waals surface area (Å²) in [5.74, 6) is -1.23. The highest BCUT2D eigenvalue weighted by Crippen LogP contribution is 2.13. The number of hydrogen-bond donors (Lipinski definition) is 1. The van der Waals surface area contributed by atoms with Crippen molar-refractivity contribution in [1.29, 1.82) is 0 Å². The van der Waals surface area contributed by atoms with Crippen molar-refractivity contribution >= 4 is 5.97 Å². The number of halogens is 1. The van der Waals surface area contributed by atoms with Crippen molar-refractivity contribution in [3.05, 3.63) is 0 Å². The molecule has 0 aliphatic rings. The van der Waals surface area contributed by atoms with Crippen molar-refractivity contribution in [2.75, 3.05) is 0 Å². The second kappa shape index (κ2) is 3.51. The summed E-state index contributed by atoms with van der Waals surface area (Å²) < 4.78 is 11.2. The lowest BCUT2D eigenvalue weighted by Gasteiger charge is -2.15. The Morgan fingerprint density at radius 2 is 2.30 bits per heavy atom. The molecule has 0 radical (unpaired) electrons. The maximum absolute atomic E-state index is 11.2. The number of rotatable bonds is 3. The van der Waals surface area contributed by atoms with Gasteiger partial charge >= 0.3 is 5.97 Å². The van der Waals surface area contributed by atoms with Gasteiger partial charge < -0.3 is 5.11 Å². The van der Waals surface area contributed by atoms with E-state index in [9.17, 15) is 9.32 Å². The zero-order chi connectivity index (χ0) is 8.20. The van der Waals surface area contributed by atoms with Crippen molar-refractivity contribution in [3.63, 3.8) is 0 Å². The number of hydrogen-bond acceptors (Lipinski definition) is 3. The lowest BCUT2D eigenvalue weighted by atomic mass is 10.0. The SMILES string of the molecule is CCCC(C)(O)C(=O)OF. The molecule has 0 aromatic heterocycles. The van der Waals surface area contributed by atoms with Crippen LogP contribution in [0.1, 0.15) is 26.7 Å². The maximum Gasteiger partial charge on any atom is 0.379 e. The molecule has 0 aromatic rings. The summed E-state index contributed by atoms with van der Waals surface area (Å²) in [6.45, 7) is 3.00. The molecule has 0 aliphatic heterocycles. The Morgan fingerprint density at radius 1 is 1.80 bits per heavy atom. The average molecular weight is 150 g/mol. The summed E-state index contributed by atoms with van der Waals surface area (Å²) in [5.41, 5.74) is -1.68. The quantitative estimate of drug-likeness (QED) is 0.651. The lowest BCUT2D eigenvalue weighted by molar-refractivity contribution is -0.204. The van der Waals surface area contributed by atoms with Crippen LogP contribution in [0.15, 0.2) is 0 Å². The third kappa shape index (κ3) is 2.31. The molecule has 60 valence electrons. The van der Waals surface area contributed by atoms with E-state index in [1.807, 2.05) is 0 Å². The third-order valence-electron chi connectivity index (χ3n) is 1.25. The van der Waals surface area contributed by atoms with E-state index in [1.54, 1.807) is 6.92 Å². The Labute approximate surface area is 58.7 Å². The van der Waals surface area contributed by atoms with Gasteiger partial charge in [0.25, 0.3) is 0 Å². The lowest BCUT2D eigenvalue weighted by Crippen LogP contribution is -2.35. The van der Waals surface area contributed by atoms with Crippen LogP contribution >= 0.6 is 0 Å². The molecular formula is C6H11FO3. The van der Waals surface area contributed by atoms with E-state index in [1.165, 1.54) is 6.92 Å². The normalized spacial score (nSPS) is 16.0. The molecule has 0 saturated carbocycles. The minimum Gasteiger partial charge on any atom is -0.378 e. The molecule has 0 rings (SSSR count). The smallest absolute Gasteiger partial charge is 0.378 e. The molecule has 0 fully saturated rings. The second-order valence-corrected chi connectivity index (χ2v) is 2.39. The van der Waals surface area contributed by atoms with Crippen LogP contribution in [-0.2, 0) is 9.74 Å². The summed E-state index contributed by atoms with van der Waals surface area (Å²) in [4.78, 5) is 13.3. The number of carbonyl (C=O) groups is 1. The van der Waals surface area contributed by atoms with Gasteiger partial charge in [-0.2, -0.15) is 0 Å². The largest absolute Gasteiger partial charge is 0.379 e. The van der Waals surface area contributed by atoms with Gasteiger partial charge in [0, 0.05) is 4.53 Å². The number of carbonyl (C=O) groups excluding carboxylic acids is 1. The highest BCUT2D eigenvalue weighted by Gasteiger charge is 2.31. The van der Waals surface area contributed by atoms with Crippen LogP contribution in [0.25, 0.3) is 0 Å². The monoisotopic (exact) mass is 150 g/mol. The maximum atomic E-state index is 11.2. The Bertz CT molecular complexity index is 122. The fraction of sp³-hybridized carbons (Fsp3) is 0.833. The molecule has 0 aliphatic carbocycles. The first-order chi connectivity index (χ1) is 4.54. The van der Waals surface area contributed by atoms with Crippen molar-refractivity contribution in [2.45, 2.75) is 32.3 Å². The van der Waals surface area contributed by atoms with E-state index < -0.39 is 11.6 Å². The third-order valence-corrected chi connectivity index (χ3v) is 1.25. The van der Waals surface area contributed by atoms with Crippen LogP contribution in [0.5, 0.6) is 0 Å². The van der Waals surface area contributed by atoms with Gasteiger partial charge in [0.2, 0.25) is 0 Å². The molecule has 0 saturated heterocycles. The van der Waals surface area contributed by atoms with Gasteiger partial charge in [-0.1, -0.05) is 13.3 Å². The molecule has 0 spiro atoms. The van der Waals surface area contributed by atoms with E-state index in [-0.39, 0.29) is 6.42 Å². The minimum absolute atomic E-state index is 0.204. The average Bonchev–Trinajstić information content (AvgIpc) is 1.86. The van der Waals surface area contributed by atoms with Gasteiger partial charge in [-0.3, -0.25) is 4.94 Å². The summed E-state index contributed by atoms with van der Waals surface area (Å²) in [6.07, 6.45) is 0.803. The van der Waals surface area contributed by atoms with Crippen molar-refractivity contribution < 1.29 is 19.4 Å².